The summed E-state index contributed by atoms with van der Waals surface area (Å²) in [6.07, 6.45) is -4.26. The third-order valence-corrected chi connectivity index (χ3v) is 4.43. The summed E-state index contributed by atoms with van der Waals surface area (Å²) in [4.78, 5) is 18.4. The van der Waals surface area contributed by atoms with E-state index in [4.69, 9.17) is 8.85 Å². The molecule has 1 amide bonds. The number of ether oxygens (including phenoxy) is 2. The Hall–Kier alpha value is -4.22. The van der Waals surface area contributed by atoms with Gasteiger partial charge in [-0.05, 0) is 42.4 Å². The van der Waals surface area contributed by atoms with Gasteiger partial charge in [0.05, 0.1) is 29.5 Å². The second-order valence-electron chi connectivity index (χ2n) is 6.50. The summed E-state index contributed by atoms with van der Waals surface area (Å²) in [5.74, 6) is -3.08. The average molecular weight is 464 g/mol. The molecule has 3 aromatic heterocycles. The van der Waals surface area contributed by atoms with Gasteiger partial charge in [0.25, 0.3) is 5.91 Å². The topological polar surface area (TPSA) is 81.8 Å². The van der Waals surface area contributed by atoms with E-state index in [0.29, 0.717) is 5.52 Å². The molecule has 3 heterocycles. The van der Waals surface area contributed by atoms with Crippen molar-refractivity contribution in [1.29, 1.82) is 0 Å². The predicted molar refractivity (Wildman–Crippen MR) is 107 cm³/mol. The van der Waals surface area contributed by atoms with Crippen LogP contribution in [0.4, 0.5) is 23.4 Å². The molecular weight excluding hydrogens is 446 g/mol. The Bertz CT molecular complexity index is 1460. The molecule has 12 heteroatoms. The lowest BCUT2D eigenvalue weighted by molar-refractivity contribution is -0.274. The van der Waals surface area contributed by atoms with Crippen molar-refractivity contribution in [3.63, 3.8) is 0 Å². The zero-order valence-electron chi connectivity index (χ0n) is 19.7. The smallest absolute Gasteiger partial charge is 0.480 e. The molecule has 1 aromatic carbocycles. The van der Waals surface area contributed by atoms with Gasteiger partial charge in [0.1, 0.15) is 22.9 Å². The Morgan fingerprint density at radius 1 is 1.27 bits per heavy atom. The maximum absolute atomic E-state index is 14.7. The van der Waals surface area contributed by atoms with E-state index in [1.165, 1.54) is 22.8 Å². The van der Waals surface area contributed by atoms with E-state index >= 15 is 0 Å². The van der Waals surface area contributed by atoms with Crippen molar-refractivity contribution in [2.45, 2.75) is 12.9 Å². The molecule has 0 aliphatic rings. The molecular formula is C21H15F4N5O3. The SMILES string of the molecule is [2H]c1nc(OC)c(C(=O)N(Cc2cc(OC(F)(F)F)ccc2F)c2cccc3cnnn23)c([2H])c1[2H]. The van der Waals surface area contributed by atoms with Gasteiger partial charge in [0.15, 0.2) is 0 Å². The number of fused-ring (bicyclic) bond motifs is 1. The fourth-order valence-electron chi connectivity index (χ4n) is 3.05. The van der Waals surface area contributed by atoms with Crippen molar-refractivity contribution in [3.05, 3.63) is 77.8 Å². The molecule has 0 atom stereocenters. The van der Waals surface area contributed by atoms with Crippen molar-refractivity contribution in [2.24, 2.45) is 0 Å². The number of hydrogen-bond donors (Lipinski definition) is 0. The van der Waals surface area contributed by atoms with Crippen LogP contribution in [0.5, 0.6) is 11.6 Å². The zero-order chi connectivity index (χ0) is 26.2. The first-order valence-corrected chi connectivity index (χ1v) is 9.17. The van der Waals surface area contributed by atoms with E-state index in [9.17, 15) is 22.4 Å². The lowest BCUT2D eigenvalue weighted by atomic mass is 10.1. The lowest BCUT2D eigenvalue weighted by Gasteiger charge is -2.24. The maximum Gasteiger partial charge on any atom is 0.573 e. The van der Waals surface area contributed by atoms with Crippen LogP contribution in [0, 0.1) is 5.82 Å². The molecule has 0 unspecified atom stereocenters. The first kappa shape index (κ1) is 18.4. The summed E-state index contributed by atoms with van der Waals surface area (Å²) in [7, 11) is 1.14. The molecule has 8 nitrogen and oxygen atoms in total. The van der Waals surface area contributed by atoms with Crippen molar-refractivity contribution in [1.82, 2.24) is 19.8 Å². The van der Waals surface area contributed by atoms with Crippen molar-refractivity contribution >= 4 is 17.2 Å². The van der Waals surface area contributed by atoms with Crippen LogP contribution in [-0.4, -0.2) is 39.2 Å². The largest absolute Gasteiger partial charge is 0.573 e. The molecule has 0 aliphatic carbocycles. The van der Waals surface area contributed by atoms with Crippen LogP contribution in [0.1, 0.15) is 20.0 Å². The highest BCUT2D eigenvalue weighted by atomic mass is 19.4. The first-order valence-electron chi connectivity index (χ1n) is 10.7. The molecule has 0 radical (unpaired) electrons. The van der Waals surface area contributed by atoms with Gasteiger partial charge in [-0.25, -0.2) is 9.37 Å². The number of methoxy groups -OCH3 is 1. The third-order valence-electron chi connectivity index (χ3n) is 4.43. The average Bonchev–Trinajstić information content (AvgIpc) is 3.30. The predicted octanol–water partition coefficient (Wildman–Crippen LogP) is 4.02. The van der Waals surface area contributed by atoms with Gasteiger partial charge in [0, 0.05) is 11.7 Å². The van der Waals surface area contributed by atoms with Gasteiger partial charge < -0.3 is 9.47 Å². The van der Waals surface area contributed by atoms with Crippen molar-refractivity contribution < 1.29 is 35.9 Å². The van der Waals surface area contributed by atoms with Crippen LogP contribution in [0.15, 0.2) is 60.9 Å². The number of carbonyl (C=O) groups excluding carboxylic acids is 1. The summed E-state index contributed by atoms with van der Waals surface area (Å²) < 4.78 is 86.8. The number of carbonyl (C=O) groups is 1. The molecule has 0 spiro atoms. The number of benzene rings is 1. The van der Waals surface area contributed by atoms with Gasteiger partial charge in [-0.3, -0.25) is 9.69 Å². The number of amides is 1. The molecule has 0 N–H and O–H groups in total. The molecule has 0 aliphatic heterocycles. The number of aromatic nitrogens is 4. The highest BCUT2D eigenvalue weighted by molar-refractivity contribution is 6.07. The lowest BCUT2D eigenvalue weighted by Crippen LogP contribution is -2.33. The second-order valence-corrected chi connectivity index (χ2v) is 6.50. The monoisotopic (exact) mass is 464 g/mol. The molecule has 0 fully saturated rings. The highest BCUT2D eigenvalue weighted by Crippen LogP contribution is 2.28. The van der Waals surface area contributed by atoms with Crippen LogP contribution in [0.25, 0.3) is 5.52 Å². The van der Waals surface area contributed by atoms with Gasteiger partial charge in [-0.1, -0.05) is 11.3 Å². The van der Waals surface area contributed by atoms with Gasteiger partial charge >= 0.3 is 6.36 Å². The highest BCUT2D eigenvalue weighted by Gasteiger charge is 2.32. The molecule has 0 bridgehead atoms. The Balaban J connectivity index is 1.88. The molecule has 33 heavy (non-hydrogen) atoms. The number of pyridine rings is 2. The van der Waals surface area contributed by atoms with Gasteiger partial charge in [0.2, 0.25) is 5.88 Å². The summed E-state index contributed by atoms with van der Waals surface area (Å²) in [5.41, 5.74) is -0.443. The maximum atomic E-state index is 14.7. The summed E-state index contributed by atoms with van der Waals surface area (Å²) >= 11 is 0. The van der Waals surface area contributed by atoms with E-state index in [2.05, 4.69) is 20.0 Å². The minimum Gasteiger partial charge on any atom is -0.480 e. The van der Waals surface area contributed by atoms with Crippen LogP contribution in [-0.2, 0) is 6.54 Å². The molecule has 4 aromatic rings. The number of halogens is 4. The molecule has 4 rings (SSSR count). The summed E-state index contributed by atoms with van der Waals surface area (Å²) in [5, 5.41) is 7.65. The van der Waals surface area contributed by atoms with E-state index in [0.717, 1.165) is 30.2 Å². The summed E-state index contributed by atoms with van der Waals surface area (Å²) in [6.45, 7) is -0.642. The van der Waals surface area contributed by atoms with Crippen molar-refractivity contribution in [3.8, 4) is 11.6 Å². The van der Waals surface area contributed by atoms with E-state index < -0.39 is 60.1 Å². The standard InChI is InChI=1S/C21H15F4N5O3/c1-32-19-16(5-3-9-26-19)20(31)29(18-6-2-4-14-11-27-28-30(14)18)12-13-10-15(7-8-17(13)22)33-21(23,24)25/h2-11H,12H2,1H3/i3D,5D,9D. The zero-order valence-corrected chi connectivity index (χ0v) is 16.7. The second kappa shape index (κ2) is 8.73. The Morgan fingerprint density at radius 2 is 2.09 bits per heavy atom. The minimum atomic E-state index is -5.03. The molecule has 0 saturated heterocycles. The number of nitrogens with zero attached hydrogens (tertiary/aromatic N) is 5. The van der Waals surface area contributed by atoms with E-state index in [1.54, 1.807) is 6.07 Å². The Labute approximate surface area is 188 Å². The number of rotatable bonds is 6. The fourth-order valence-corrected chi connectivity index (χ4v) is 3.05. The van der Waals surface area contributed by atoms with Crippen LogP contribution in [0.3, 0.4) is 0 Å². The minimum absolute atomic E-state index is 0.0134. The van der Waals surface area contributed by atoms with Gasteiger partial charge in [-0.15, -0.1) is 18.3 Å². The van der Waals surface area contributed by atoms with Crippen LogP contribution >= 0.6 is 0 Å². The number of hydrogen-bond acceptors (Lipinski definition) is 6. The van der Waals surface area contributed by atoms with Crippen LogP contribution in [0.2, 0.25) is 0 Å². The normalized spacial score (nSPS) is 12.7. The third kappa shape index (κ3) is 4.68. The molecule has 170 valence electrons. The molecule has 0 saturated carbocycles. The van der Waals surface area contributed by atoms with E-state index in [1.807, 2.05) is 0 Å². The first-order chi connectivity index (χ1) is 17.0. The van der Waals surface area contributed by atoms with E-state index in [-0.39, 0.29) is 11.4 Å². The quantitative estimate of drug-likeness (QED) is 0.401. The van der Waals surface area contributed by atoms with Gasteiger partial charge in [-0.2, -0.15) is 4.52 Å². The van der Waals surface area contributed by atoms with Crippen molar-refractivity contribution in [2.75, 3.05) is 12.0 Å². The fraction of sp³-hybridized carbons (Fsp3) is 0.143. The summed E-state index contributed by atoms with van der Waals surface area (Å²) in [6, 6.07) is 5.54. The Kier molecular flexibility index (Phi) is 4.86. The number of alkyl halides is 3. The van der Waals surface area contributed by atoms with Crippen LogP contribution < -0.4 is 14.4 Å². The Morgan fingerprint density at radius 3 is 2.85 bits per heavy atom. The number of anilines is 1.